The van der Waals surface area contributed by atoms with Gasteiger partial charge in [0.05, 0.1) is 18.6 Å². The van der Waals surface area contributed by atoms with Crippen LogP contribution < -0.4 is 0 Å². The molecule has 0 radical (unpaired) electrons. The Balaban J connectivity index is 2.04. The summed E-state index contributed by atoms with van der Waals surface area (Å²) >= 11 is 0. The predicted molar refractivity (Wildman–Crippen MR) is 63.1 cm³/mol. The van der Waals surface area contributed by atoms with Crippen molar-refractivity contribution in [2.24, 2.45) is 0 Å². The lowest BCUT2D eigenvalue weighted by Gasteiger charge is -2.16. The van der Waals surface area contributed by atoms with Crippen molar-refractivity contribution in [1.29, 1.82) is 0 Å². The number of ether oxygens (including phenoxy) is 1. The van der Waals surface area contributed by atoms with Crippen molar-refractivity contribution in [1.82, 2.24) is 19.5 Å². The van der Waals surface area contributed by atoms with Crippen LogP contribution in [0.15, 0.2) is 12.7 Å². The highest BCUT2D eigenvalue weighted by molar-refractivity contribution is 5.72. The minimum Gasteiger partial charge on any atom is -0.394 e. The molecule has 0 aromatic carbocycles. The Labute approximate surface area is 108 Å². The second-order valence-electron chi connectivity index (χ2n) is 4.51. The van der Waals surface area contributed by atoms with Crippen LogP contribution in [0, 0.1) is 6.92 Å². The number of nitrogens with zero attached hydrogens (tertiary/aromatic N) is 4. The summed E-state index contributed by atoms with van der Waals surface area (Å²) in [4.78, 5) is 12.3. The third-order valence-electron chi connectivity index (χ3n) is 3.33. The summed E-state index contributed by atoms with van der Waals surface area (Å²) in [6.45, 7) is 1.44. The van der Waals surface area contributed by atoms with E-state index in [1.807, 2.05) is 0 Å². The molecule has 3 N–H and O–H groups in total. The lowest BCUT2D eigenvalue weighted by Crippen LogP contribution is -2.33. The third-order valence-corrected chi connectivity index (χ3v) is 3.33. The minimum atomic E-state index is -1.15. The van der Waals surface area contributed by atoms with Crippen molar-refractivity contribution in [3.63, 3.8) is 0 Å². The Hall–Kier alpha value is -1.61. The molecular weight excluding hydrogens is 252 g/mol. The second-order valence-corrected chi connectivity index (χ2v) is 4.51. The molecule has 1 saturated heterocycles. The maximum atomic E-state index is 9.98. The van der Waals surface area contributed by atoms with E-state index in [9.17, 15) is 10.2 Å². The molecule has 2 aromatic rings. The van der Waals surface area contributed by atoms with Gasteiger partial charge < -0.3 is 20.1 Å². The molecule has 0 unspecified atom stereocenters. The zero-order chi connectivity index (χ0) is 13.6. The normalized spacial score (nSPS) is 31.2. The monoisotopic (exact) mass is 266 g/mol. The van der Waals surface area contributed by atoms with Crippen LogP contribution in [0.1, 0.15) is 11.9 Å². The summed E-state index contributed by atoms with van der Waals surface area (Å²) in [6.07, 6.45) is -1.06. The maximum absolute atomic E-state index is 9.98. The first kappa shape index (κ1) is 12.4. The molecule has 102 valence electrons. The molecule has 3 rings (SSSR count). The lowest BCUT2D eigenvalue weighted by atomic mass is 10.1. The van der Waals surface area contributed by atoms with Gasteiger partial charge in [-0.25, -0.2) is 15.0 Å². The van der Waals surface area contributed by atoms with Gasteiger partial charge in [-0.15, -0.1) is 0 Å². The van der Waals surface area contributed by atoms with E-state index < -0.39 is 24.5 Å². The number of aryl methyl sites for hydroxylation is 1. The standard InChI is InChI=1S/C11H14N4O4/c1-5-7-10(13-3-12-5)15(4-14-7)11-9(18)8(17)6(2-16)19-11/h3-4,6,8-9,11,16-18H,2H2,1H3/t6-,8+,9-,11-/m1/s1. The molecule has 0 saturated carbocycles. The van der Waals surface area contributed by atoms with Crippen LogP contribution in [0.2, 0.25) is 0 Å². The maximum Gasteiger partial charge on any atom is 0.165 e. The summed E-state index contributed by atoms with van der Waals surface area (Å²) < 4.78 is 6.98. The zero-order valence-electron chi connectivity index (χ0n) is 10.2. The SMILES string of the molecule is Cc1ncnc2c1ncn2[C@@H]1O[C@H](CO)[C@H](O)[C@H]1O. The molecule has 8 heteroatoms. The Morgan fingerprint density at radius 2 is 2.05 bits per heavy atom. The first-order valence-corrected chi connectivity index (χ1v) is 5.90. The second kappa shape index (κ2) is 4.49. The van der Waals surface area contributed by atoms with E-state index >= 15 is 0 Å². The minimum absolute atomic E-state index is 0.366. The fraction of sp³-hybridized carbons (Fsp3) is 0.545. The van der Waals surface area contributed by atoms with E-state index in [-0.39, 0.29) is 6.61 Å². The van der Waals surface area contributed by atoms with Gasteiger partial charge in [0.25, 0.3) is 0 Å². The van der Waals surface area contributed by atoms with E-state index in [1.165, 1.54) is 17.2 Å². The van der Waals surface area contributed by atoms with Crippen LogP contribution in [-0.2, 0) is 4.74 Å². The van der Waals surface area contributed by atoms with Gasteiger partial charge in [0.2, 0.25) is 0 Å². The van der Waals surface area contributed by atoms with Crippen molar-refractivity contribution in [2.45, 2.75) is 31.5 Å². The fourth-order valence-corrected chi connectivity index (χ4v) is 2.27. The summed E-state index contributed by atoms with van der Waals surface area (Å²) in [6, 6.07) is 0. The Morgan fingerprint density at radius 1 is 1.26 bits per heavy atom. The Morgan fingerprint density at radius 3 is 2.74 bits per heavy atom. The van der Waals surface area contributed by atoms with E-state index in [1.54, 1.807) is 6.92 Å². The smallest absolute Gasteiger partial charge is 0.165 e. The number of fused-ring (bicyclic) bond motifs is 1. The number of aromatic nitrogens is 4. The number of aliphatic hydroxyl groups is 3. The largest absolute Gasteiger partial charge is 0.394 e. The fourth-order valence-electron chi connectivity index (χ4n) is 2.27. The van der Waals surface area contributed by atoms with Gasteiger partial charge in [0, 0.05) is 0 Å². The number of hydrogen-bond acceptors (Lipinski definition) is 7. The lowest BCUT2D eigenvalue weighted by molar-refractivity contribution is -0.0511. The van der Waals surface area contributed by atoms with Gasteiger partial charge in [-0.1, -0.05) is 0 Å². The Bertz CT molecular complexity index is 601. The number of aliphatic hydroxyl groups excluding tert-OH is 3. The van der Waals surface area contributed by atoms with E-state index in [0.717, 1.165) is 5.69 Å². The van der Waals surface area contributed by atoms with Crippen molar-refractivity contribution < 1.29 is 20.1 Å². The van der Waals surface area contributed by atoms with Gasteiger partial charge in [-0.2, -0.15) is 0 Å². The van der Waals surface area contributed by atoms with Gasteiger partial charge in [-0.3, -0.25) is 4.57 Å². The summed E-state index contributed by atoms with van der Waals surface area (Å²) in [7, 11) is 0. The first-order chi connectivity index (χ1) is 9.13. The highest BCUT2D eigenvalue weighted by Crippen LogP contribution is 2.31. The van der Waals surface area contributed by atoms with Crippen molar-refractivity contribution >= 4 is 11.2 Å². The van der Waals surface area contributed by atoms with Crippen molar-refractivity contribution in [2.75, 3.05) is 6.61 Å². The van der Waals surface area contributed by atoms with Crippen LogP contribution in [0.3, 0.4) is 0 Å². The quantitative estimate of drug-likeness (QED) is 0.622. The molecule has 0 aliphatic carbocycles. The average molecular weight is 266 g/mol. The van der Waals surface area contributed by atoms with Crippen molar-refractivity contribution in [3.8, 4) is 0 Å². The van der Waals surface area contributed by atoms with E-state index in [0.29, 0.717) is 11.2 Å². The Kier molecular flexibility index (Phi) is 2.94. The van der Waals surface area contributed by atoms with Crippen LogP contribution >= 0.6 is 0 Å². The number of hydrogen-bond donors (Lipinski definition) is 3. The molecule has 1 aliphatic rings. The number of imidazole rings is 1. The molecular formula is C11H14N4O4. The molecule has 19 heavy (non-hydrogen) atoms. The molecule has 2 aromatic heterocycles. The summed E-state index contributed by atoms with van der Waals surface area (Å²) in [5.74, 6) is 0. The highest BCUT2D eigenvalue weighted by Gasteiger charge is 2.43. The third kappa shape index (κ3) is 1.80. The van der Waals surface area contributed by atoms with Gasteiger partial charge >= 0.3 is 0 Å². The van der Waals surface area contributed by atoms with Crippen LogP contribution in [0.5, 0.6) is 0 Å². The number of rotatable bonds is 2. The van der Waals surface area contributed by atoms with E-state index in [2.05, 4.69) is 15.0 Å². The van der Waals surface area contributed by atoms with Crippen LogP contribution in [-0.4, -0.2) is 59.8 Å². The average Bonchev–Trinajstić information content (AvgIpc) is 2.94. The van der Waals surface area contributed by atoms with Crippen LogP contribution in [0.25, 0.3) is 11.2 Å². The molecule has 0 bridgehead atoms. The van der Waals surface area contributed by atoms with Gasteiger partial charge in [-0.05, 0) is 6.92 Å². The molecule has 0 amide bonds. The molecule has 1 aliphatic heterocycles. The summed E-state index contributed by atoms with van der Waals surface area (Å²) in [5, 5.41) is 28.8. The highest BCUT2D eigenvalue weighted by atomic mass is 16.6. The van der Waals surface area contributed by atoms with Gasteiger partial charge in [0.1, 0.15) is 30.2 Å². The molecule has 0 spiro atoms. The van der Waals surface area contributed by atoms with Crippen molar-refractivity contribution in [3.05, 3.63) is 18.3 Å². The molecule has 3 heterocycles. The van der Waals surface area contributed by atoms with Gasteiger partial charge in [0.15, 0.2) is 11.9 Å². The molecule has 4 atom stereocenters. The summed E-state index contributed by atoms with van der Waals surface area (Å²) in [5.41, 5.74) is 1.85. The van der Waals surface area contributed by atoms with E-state index in [4.69, 9.17) is 9.84 Å². The predicted octanol–water partition coefficient (Wildman–Crippen LogP) is -1.25. The first-order valence-electron chi connectivity index (χ1n) is 5.90. The molecule has 8 nitrogen and oxygen atoms in total. The zero-order valence-corrected chi connectivity index (χ0v) is 10.2. The topological polar surface area (TPSA) is 114 Å². The molecule has 1 fully saturated rings. The van der Waals surface area contributed by atoms with Crippen LogP contribution in [0.4, 0.5) is 0 Å².